The van der Waals surface area contributed by atoms with E-state index in [9.17, 15) is 4.79 Å². The van der Waals surface area contributed by atoms with Crippen LogP contribution in [-0.2, 0) is 11.3 Å². The van der Waals surface area contributed by atoms with Crippen molar-refractivity contribution in [2.45, 2.75) is 20.4 Å². The number of hydrogen-bond donors (Lipinski definition) is 2. The van der Waals surface area contributed by atoms with Crippen LogP contribution < -0.4 is 11.1 Å². The normalized spacial score (nSPS) is 10.5. The van der Waals surface area contributed by atoms with E-state index < -0.39 is 0 Å². The first-order chi connectivity index (χ1) is 8.95. The summed E-state index contributed by atoms with van der Waals surface area (Å²) in [4.78, 5) is 16.0. The Balaban J connectivity index is 2.07. The molecule has 19 heavy (non-hydrogen) atoms. The van der Waals surface area contributed by atoms with E-state index in [-0.39, 0.29) is 12.5 Å². The van der Waals surface area contributed by atoms with Crippen LogP contribution in [0.4, 0.5) is 11.4 Å². The first-order valence-corrected chi connectivity index (χ1v) is 6.06. The molecule has 3 N–H and O–H groups in total. The molecule has 0 aliphatic carbocycles. The Kier molecular flexibility index (Phi) is 3.71. The first kappa shape index (κ1) is 13.4. The quantitative estimate of drug-likeness (QED) is 0.839. The van der Waals surface area contributed by atoms with E-state index in [1.165, 1.54) is 4.68 Å². The van der Waals surface area contributed by atoms with Gasteiger partial charge in [0.1, 0.15) is 18.2 Å². The number of hydrogen-bond acceptors (Lipinski definition) is 4. The predicted octanol–water partition coefficient (Wildman–Crippen LogP) is 1.77. The molecule has 100 valence electrons. The average molecular weight is 280 g/mol. The molecular formula is C12H14ClN5O. The third-order valence-electron chi connectivity index (χ3n) is 2.52. The molecule has 0 spiro atoms. The molecule has 0 bridgehead atoms. The molecule has 0 saturated heterocycles. The zero-order valence-corrected chi connectivity index (χ0v) is 11.4. The molecule has 7 heteroatoms. The number of nitrogen functional groups attached to an aromatic ring is 1. The minimum Gasteiger partial charge on any atom is -0.399 e. The Labute approximate surface area is 115 Å². The average Bonchev–Trinajstić information content (AvgIpc) is 2.61. The van der Waals surface area contributed by atoms with Crippen molar-refractivity contribution in [2.75, 3.05) is 11.1 Å². The molecule has 6 nitrogen and oxygen atoms in total. The molecule has 0 atom stereocenters. The summed E-state index contributed by atoms with van der Waals surface area (Å²) in [6.07, 6.45) is 0. The molecule has 2 aromatic rings. The Bertz CT molecular complexity index is 623. The Morgan fingerprint density at radius 1 is 1.47 bits per heavy atom. The van der Waals surface area contributed by atoms with Gasteiger partial charge in [-0.05, 0) is 32.0 Å². The second kappa shape index (κ2) is 5.27. The van der Waals surface area contributed by atoms with Crippen LogP contribution in [0.25, 0.3) is 0 Å². The lowest BCUT2D eigenvalue weighted by Gasteiger charge is -2.08. The third-order valence-corrected chi connectivity index (χ3v) is 2.84. The number of carbonyl (C=O) groups excluding carboxylic acids is 1. The number of amides is 1. The van der Waals surface area contributed by atoms with Gasteiger partial charge in [0.05, 0.1) is 10.7 Å². The van der Waals surface area contributed by atoms with Gasteiger partial charge < -0.3 is 11.1 Å². The molecule has 1 heterocycles. The topological polar surface area (TPSA) is 85.8 Å². The molecule has 0 unspecified atom stereocenters. The van der Waals surface area contributed by atoms with E-state index in [0.717, 1.165) is 0 Å². The van der Waals surface area contributed by atoms with Crippen LogP contribution in [-0.4, -0.2) is 20.7 Å². The molecule has 0 fully saturated rings. The van der Waals surface area contributed by atoms with Gasteiger partial charge in [-0.1, -0.05) is 11.6 Å². The fourth-order valence-electron chi connectivity index (χ4n) is 1.67. The summed E-state index contributed by atoms with van der Waals surface area (Å²) in [5.41, 5.74) is 6.66. The van der Waals surface area contributed by atoms with Crippen LogP contribution in [0, 0.1) is 13.8 Å². The lowest BCUT2D eigenvalue weighted by atomic mass is 10.3. The number of anilines is 2. The summed E-state index contributed by atoms with van der Waals surface area (Å²) in [7, 11) is 0. The number of nitrogens with two attached hydrogens (primary N) is 1. The van der Waals surface area contributed by atoms with Gasteiger partial charge in [-0.25, -0.2) is 9.67 Å². The van der Waals surface area contributed by atoms with Crippen molar-refractivity contribution < 1.29 is 4.79 Å². The van der Waals surface area contributed by atoms with E-state index in [1.54, 1.807) is 32.0 Å². The molecular weight excluding hydrogens is 266 g/mol. The number of aromatic nitrogens is 3. The summed E-state index contributed by atoms with van der Waals surface area (Å²) in [5.74, 6) is 1.10. The zero-order chi connectivity index (χ0) is 14.0. The molecule has 2 rings (SSSR count). The van der Waals surface area contributed by atoms with Crippen molar-refractivity contribution in [2.24, 2.45) is 0 Å². The van der Waals surface area contributed by atoms with Gasteiger partial charge in [0.2, 0.25) is 5.91 Å². The van der Waals surface area contributed by atoms with Crippen molar-refractivity contribution >= 4 is 28.9 Å². The second-order valence-electron chi connectivity index (χ2n) is 4.15. The van der Waals surface area contributed by atoms with Crippen molar-refractivity contribution in [3.63, 3.8) is 0 Å². The van der Waals surface area contributed by atoms with E-state index in [4.69, 9.17) is 17.3 Å². The van der Waals surface area contributed by atoms with E-state index in [2.05, 4.69) is 15.4 Å². The van der Waals surface area contributed by atoms with Gasteiger partial charge >= 0.3 is 0 Å². The number of carbonyl (C=O) groups is 1. The highest BCUT2D eigenvalue weighted by Crippen LogP contribution is 2.23. The molecule has 0 aliphatic rings. The summed E-state index contributed by atoms with van der Waals surface area (Å²) in [6.45, 7) is 3.66. The van der Waals surface area contributed by atoms with E-state index >= 15 is 0 Å². The van der Waals surface area contributed by atoms with Gasteiger partial charge in [0.15, 0.2) is 0 Å². The maximum absolute atomic E-state index is 11.9. The molecule has 0 radical (unpaired) electrons. The fraction of sp³-hybridized carbons (Fsp3) is 0.250. The van der Waals surface area contributed by atoms with E-state index in [0.29, 0.717) is 28.0 Å². The molecule has 0 aliphatic heterocycles. The number of nitrogens with one attached hydrogen (secondary N) is 1. The number of benzene rings is 1. The zero-order valence-electron chi connectivity index (χ0n) is 10.6. The lowest BCUT2D eigenvalue weighted by Crippen LogP contribution is -2.20. The lowest BCUT2D eigenvalue weighted by molar-refractivity contribution is -0.116. The van der Waals surface area contributed by atoms with Gasteiger partial charge in [0, 0.05) is 5.69 Å². The van der Waals surface area contributed by atoms with Gasteiger partial charge in [-0.2, -0.15) is 5.10 Å². The number of rotatable bonds is 3. The summed E-state index contributed by atoms with van der Waals surface area (Å²) in [5, 5.41) is 7.23. The Hall–Kier alpha value is -2.08. The maximum Gasteiger partial charge on any atom is 0.246 e. The number of aryl methyl sites for hydroxylation is 2. The second-order valence-corrected chi connectivity index (χ2v) is 4.56. The minimum absolute atomic E-state index is 0.0907. The third kappa shape index (κ3) is 3.23. The Morgan fingerprint density at radius 3 is 2.79 bits per heavy atom. The first-order valence-electron chi connectivity index (χ1n) is 5.68. The van der Waals surface area contributed by atoms with Gasteiger partial charge in [0.25, 0.3) is 0 Å². The largest absolute Gasteiger partial charge is 0.399 e. The van der Waals surface area contributed by atoms with Crippen LogP contribution in [0.5, 0.6) is 0 Å². The molecule has 1 amide bonds. The van der Waals surface area contributed by atoms with Gasteiger partial charge in [-0.3, -0.25) is 4.79 Å². The standard InChI is InChI=1S/C12H14ClN5O/c1-7-15-8(2)18(17-7)6-12(19)16-11-4-3-9(14)5-10(11)13/h3-5H,6,14H2,1-2H3,(H,16,19). The van der Waals surface area contributed by atoms with Crippen molar-refractivity contribution in [1.29, 1.82) is 0 Å². The molecule has 1 aromatic carbocycles. The van der Waals surface area contributed by atoms with Gasteiger partial charge in [-0.15, -0.1) is 0 Å². The van der Waals surface area contributed by atoms with Crippen LogP contribution in [0.1, 0.15) is 11.6 Å². The predicted molar refractivity (Wildman–Crippen MR) is 74.0 cm³/mol. The van der Waals surface area contributed by atoms with Crippen LogP contribution in [0.2, 0.25) is 5.02 Å². The molecule has 0 saturated carbocycles. The summed E-state index contributed by atoms with van der Waals surface area (Å²) in [6, 6.07) is 4.92. The maximum atomic E-state index is 11.9. The highest BCUT2D eigenvalue weighted by atomic mass is 35.5. The number of halogens is 1. The summed E-state index contributed by atoms with van der Waals surface area (Å²) >= 11 is 5.98. The van der Waals surface area contributed by atoms with Crippen molar-refractivity contribution in [3.05, 3.63) is 34.9 Å². The van der Waals surface area contributed by atoms with Crippen molar-refractivity contribution in [3.8, 4) is 0 Å². The van der Waals surface area contributed by atoms with Crippen LogP contribution in [0.3, 0.4) is 0 Å². The minimum atomic E-state index is -0.223. The SMILES string of the molecule is Cc1nc(C)n(CC(=O)Nc2ccc(N)cc2Cl)n1. The highest BCUT2D eigenvalue weighted by Gasteiger charge is 2.10. The monoisotopic (exact) mass is 279 g/mol. The van der Waals surface area contributed by atoms with Crippen LogP contribution in [0.15, 0.2) is 18.2 Å². The number of nitrogens with zero attached hydrogens (tertiary/aromatic N) is 3. The molecule has 1 aromatic heterocycles. The van der Waals surface area contributed by atoms with Crippen LogP contribution >= 0.6 is 11.6 Å². The van der Waals surface area contributed by atoms with Crippen molar-refractivity contribution in [1.82, 2.24) is 14.8 Å². The summed E-state index contributed by atoms with van der Waals surface area (Å²) < 4.78 is 1.54. The smallest absolute Gasteiger partial charge is 0.246 e. The Morgan fingerprint density at radius 2 is 2.21 bits per heavy atom. The highest BCUT2D eigenvalue weighted by molar-refractivity contribution is 6.34. The van der Waals surface area contributed by atoms with E-state index in [1.807, 2.05) is 0 Å². The fourth-order valence-corrected chi connectivity index (χ4v) is 1.91.